The molecule has 0 saturated heterocycles. The molecule has 5 heteroatoms. The molecule has 0 aliphatic carbocycles. The number of rotatable bonds is 6. The second-order valence-corrected chi connectivity index (χ2v) is 4.54. The third-order valence-corrected chi connectivity index (χ3v) is 2.79. The summed E-state index contributed by atoms with van der Waals surface area (Å²) in [6.45, 7) is 4.98. The summed E-state index contributed by atoms with van der Waals surface area (Å²) in [5.41, 5.74) is 7.75. The van der Waals surface area contributed by atoms with E-state index < -0.39 is 0 Å². The first kappa shape index (κ1) is 13.5. The fourth-order valence-electron chi connectivity index (χ4n) is 1.80. The van der Waals surface area contributed by atoms with E-state index in [2.05, 4.69) is 23.2 Å². The lowest BCUT2D eigenvalue weighted by Crippen LogP contribution is -2.00. The maximum Gasteiger partial charge on any atom is 0.253 e. The monoisotopic (exact) mass is 261 g/mol. The first-order chi connectivity index (χ1) is 9.19. The quantitative estimate of drug-likeness (QED) is 0.862. The van der Waals surface area contributed by atoms with Gasteiger partial charge in [0.1, 0.15) is 5.75 Å². The predicted molar refractivity (Wildman–Crippen MR) is 71.9 cm³/mol. The van der Waals surface area contributed by atoms with E-state index in [4.69, 9.17) is 14.9 Å². The van der Waals surface area contributed by atoms with E-state index in [1.807, 2.05) is 19.1 Å². The van der Waals surface area contributed by atoms with E-state index in [0.717, 1.165) is 17.7 Å². The third-order valence-electron chi connectivity index (χ3n) is 2.79. The zero-order valence-electron chi connectivity index (χ0n) is 11.3. The number of aromatic nitrogens is 2. The molecule has 0 spiro atoms. The van der Waals surface area contributed by atoms with E-state index in [-0.39, 0.29) is 0 Å². The number of ether oxygens (including phenoxy) is 1. The van der Waals surface area contributed by atoms with Crippen molar-refractivity contribution in [3.05, 3.63) is 41.1 Å². The molecular formula is C14H19N3O2. The van der Waals surface area contributed by atoms with Crippen molar-refractivity contribution in [3.8, 4) is 5.75 Å². The third kappa shape index (κ3) is 3.79. The molecular weight excluding hydrogens is 242 g/mol. The Morgan fingerprint density at radius 1 is 1.21 bits per heavy atom. The fraction of sp³-hybridized carbons (Fsp3) is 0.429. The van der Waals surface area contributed by atoms with Crippen molar-refractivity contribution in [1.82, 2.24) is 10.2 Å². The predicted octanol–water partition coefficient (Wildman–Crippen LogP) is 2.16. The summed E-state index contributed by atoms with van der Waals surface area (Å²) in [5, 5.41) is 7.90. The van der Waals surface area contributed by atoms with Crippen LogP contribution in [-0.4, -0.2) is 16.7 Å². The number of benzene rings is 1. The molecule has 102 valence electrons. The minimum Gasteiger partial charge on any atom is -0.484 e. The highest BCUT2D eigenvalue weighted by molar-refractivity contribution is 5.35. The van der Waals surface area contributed by atoms with E-state index in [0.29, 0.717) is 31.4 Å². The largest absolute Gasteiger partial charge is 0.484 e. The zero-order chi connectivity index (χ0) is 13.7. The van der Waals surface area contributed by atoms with E-state index in [9.17, 15) is 0 Å². The number of hydrogen-bond donors (Lipinski definition) is 1. The Labute approximate surface area is 112 Å². The molecule has 0 fully saturated rings. The molecule has 0 aliphatic heterocycles. The first-order valence-corrected chi connectivity index (χ1v) is 6.40. The number of aryl methyl sites for hydroxylation is 3. The molecule has 19 heavy (non-hydrogen) atoms. The van der Waals surface area contributed by atoms with Gasteiger partial charge in [-0.1, -0.05) is 17.7 Å². The number of nitrogens with two attached hydrogens (primary N) is 1. The van der Waals surface area contributed by atoms with Gasteiger partial charge >= 0.3 is 0 Å². The van der Waals surface area contributed by atoms with Crippen LogP contribution in [0.3, 0.4) is 0 Å². The zero-order valence-corrected chi connectivity index (χ0v) is 11.3. The highest BCUT2D eigenvalue weighted by Crippen LogP contribution is 2.19. The highest BCUT2D eigenvalue weighted by atomic mass is 16.5. The van der Waals surface area contributed by atoms with Gasteiger partial charge in [0.15, 0.2) is 6.61 Å². The SMILES string of the molecule is Cc1ccc(OCc2nnc(CCCN)o2)c(C)c1. The van der Waals surface area contributed by atoms with Gasteiger partial charge in [-0.25, -0.2) is 0 Å². The summed E-state index contributed by atoms with van der Waals surface area (Å²) < 4.78 is 11.1. The van der Waals surface area contributed by atoms with Gasteiger partial charge in [-0.3, -0.25) is 0 Å². The summed E-state index contributed by atoms with van der Waals surface area (Å²) in [4.78, 5) is 0. The van der Waals surface area contributed by atoms with Gasteiger partial charge in [-0.05, 0) is 38.4 Å². The Morgan fingerprint density at radius 3 is 2.74 bits per heavy atom. The van der Waals surface area contributed by atoms with Crippen molar-refractivity contribution in [2.24, 2.45) is 5.73 Å². The Morgan fingerprint density at radius 2 is 2.00 bits per heavy atom. The molecule has 0 bridgehead atoms. The Bertz CT molecular complexity index is 537. The Kier molecular flexibility index (Phi) is 4.52. The molecule has 1 aromatic heterocycles. The molecule has 0 unspecified atom stereocenters. The van der Waals surface area contributed by atoms with Crippen molar-refractivity contribution in [3.63, 3.8) is 0 Å². The Hall–Kier alpha value is -1.88. The van der Waals surface area contributed by atoms with Crippen LogP contribution in [0.2, 0.25) is 0 Å². The average Bonchev–Trinajstić information content (AvgIpc) is 2.83. The van der Waals surface area contributed by atoms with Gasteiger partial charge in [0.05, 0.1) is 0 Å². The van der Waals surface area contributed by atoms with Crippen molar-refractivity contribution < 1.29 is 9.15 Å². The molecule has 0 radical (unpaired) electrons. The molecule has 0 saturated carbocycles. The van der Waals surface area contributed by atoms with Crippen molar-refractivity contribution >= 4 is 0 Å². The number of hydrogen-bond acceptors (Lipinski definition) is 5. The lowest BCUT2D eigenvalue weighted by atomic mass is 10.1. The van der Waals surface area contributed by atoms with Crippen LogP contribution >= 0.6 is 0 Å². The maximum atomic E-state index is 5.67. The molecule has 1 aromatic carbocycles. The smallest absolute Gasteiger partial charge is 0.253 e. The Balaban J connectivity index is 1.92. The van der Waals surface area contributed by atoms with Crippen LogP contribution < -0.4 is 10.5 Å². The highest BCUT2D eigenvalue weighted by Gasteiger charge is 2.07. The maximum absolute atomic E-state index is 5.67. The van der Waals surface area contributed by atoms with Gasteiger partial charge in [-0.2, -0.15) is 0 Å². The molecule has 0 aliphatic rings. The van der Waals surface area contributed by atoms with Crippen LogP contribution in [0, 0.1) is 13.8 Å². The van der Waals surface area contributed by atoms with Gasteiger partial charge in [0.25, 0.3) is 5.89 Å². The number of nitrogens with zero attached hydrogens (tertiary/aromatic N) is 2. The average molecular weight is 261 g/mol. The van der Waals surface area contributed by atoms with Gasteiger partial charge in [0.2, 0.25) is 5.89 Å². The van der Waals surface area contributed by atoms with E-state index in [1.54, 1.807) is 0 Å². The minimum atomic E-state index is 0.291. The van der Waals surface area contributed by atoms with Gasteiger partial charge in [0, 0.05) is 6.42 Å². The summed E-state index contributed by atoms with van der Waals surface area (Å²) in [6, 6.07) is 6.05. The van der Waals surface area contributed by atoms with Crippen molar-refractivity contribution in [1.29, 1.82) is 0 Å². The normalized spacial score (nSPS) is 10.7. The second kappa shape index (κ2) is 6.33. The molecule has 5 nitrogen and oxygen atoms in total. The van der Waals surface area contributed by atoms with E-state index >= 15 is 0 Å². The standard InChI is InChI=1S/C14H19N3O2/c1-10-5-6-12(11(2)8-10)18-9-14-17-16-13(19-14)4-3-7-15/h5-6,8H,3-4,7,9,15H2,1-2H3. The van der Waals surface area contributed by atoms with Crippen LogP contribution in [0.1, 0.15) is 29.3 Å². The summed E-state index contributed by atoms with van der Waals surface area (Å²) in [5.74, 6) is 1.95. The lowest BCUT2D eigenvalue weighted by molar-refractivity contribution is 0.257. The molecule has 1 heterocycles. The minimum absolute atomic E-state index is 0.291. The summed E-state index contributed by atoms with van der Waals surface area (Å²) >= 11 is 0. The van der Waals surface area contributed by atoms with Crippen LogP contribution in [0.4, 0.5) is 0 Å². The summed E-state index contributed by atoms with van der Waals surface area (Å²) in [6.07, 6.45) is 1.56. The van der Waals surface area contributed by atoms with Gasteiger partial charge in [-0.15, -0.1) is 10.2 Å². The molecule has 0 atom stereocenters. The van der Waals surface area contributed by atoms with Crippen LogP contribution in [0.25, 0.3) is 0 Å². The second-order valence-electron chi connectivity index (χ2n) is 4.54. The molecule has 2 N–H and O–H groups in total. The van der Waals surface area contributed by atoms with E-state index in [1.165, 1.54) is 5.56 Å². The van der Waals surface area contributed by atoms with Crippen LogP contribution in [0.15, 0.2) is 22.6 Å². The van der Waals surface area contributed by atoms with Crippen molar-refractivity contribution in [2.45, 2.75) is 33.3 Å². The molecule has 2 aromatic rings. The summed E-state index contributed by atoms with van der Waals surface area (Å²) in [7, 11) is 0. The fourth-order valence-corrected chi connectivity index (χ4v) is 1.80. The van der Waals surface area contributed by atoms with Crippen LogP contribution in [0.5, 0.6) is 5.75 Å². The lowest BCUT2D eigenvalue weighted by Gasteiger charge is -2.07. The molecule has 2 rings (SSSR count). The van der Waals surface area contributed by atoms with Crippen LogP contribution in [-0.2, 0) is 13.0 Å². The topological polar surface area (TPSA) is 74.2 Å². The van der Waals surface area contributed by atoms with Crippen molar-refractivity contribution in [2.75, 3.05) is 6.54 Å². The molecule has 0 amide bonds. The van der Waals surface area contributed by atoms with Gasteiger partial charge < -0.3 is 14.9 Å². The first-order valence-electron chi connectivity index (χ1n) is 6.40.